The number of likely N-dealkylation sites (tertiary alicyclic amines) is 1. The molecule has 5 nitrogen and oxygen atoms in total. The summed E-state index contributed by atoms with van der Waals surface area (Å²) in [5.41, 5.74) is 0.327. The van der Waals surface area contributed by atoms with Crippen LogP contribution in [0.15, 0.2) is 24.3 Å². The van der Waals surface area contributed by atoms with E-state index in [1.807, 2.05) is 0 Å². The molecule has 1 fully saturated rings. The first-order valence-electron chi connectivity index (χ1n) is 9.02. The summed E-state index contributed by atoms with van der Waals surface area (Å²) in [6.07, 6.45) is -2.26. The summed E-state index contributed by atoms with van der Waals surface area (Å²) < 4.78 is 40.2. The standard InChI is InChI=1S/C18H22F3N5/c19-18(20,21)15-3-1-13(2-4-15)12-25-8-5-14(6-9-25)17-24-23-16-11-22-7-10-26(16)17/h1-4,14,22H,5-12H2. The predicted octanol–water partition coefficient (Wildman–Crippen LogP) is 2.78. The fourth-order valence-electron chi connectivity index (χ4n) is 3.82. The Morgan fingerprint density at radius 3 is 2.46 bits per heavy atom. The molecule has 2 aliphatic rings. The normalized spacial score (nSPS) is 19.5. The van der Waals surface area contributed by atoms with E-state index in [-0.39, 0.29) is 0 Å². The van der Waals surface area contributed by atoms with Gasteiger partial charge in [0.1, 0.15) is 11.6 Å². The Hall–Kier alpha value is -1.93. The van der Waals surface area contributed by atoms with Gasteiger partial charge >= 0.3 is 6.18 Å². The molecule has 0 amide bonds. The fourth-order valence-corrected chi connectivity index (χ4v) is 3.82. The van der Waals surface area contributed by atoms with Gasteiger partial charge in [0.2, 0.25) is 0 Å². The predicted molar refractivity (Wildman–Crippen MR) is 90.4 cm³/mol. The summed E-state index contributed by atoms with van der Waals surface area (Å²) in [6, 6.07) is 5.49. The van der Waals surface area contributed by atoms with Crippen LogP contribution in [0.3, 0.4) is 0 Å². The lowest BCUT2D eigenvalue weighted by atomic mass is 9.95. The monoisotopic (exact) mass is 365 g/mol. The molecule has 0 unspecified atom stereocenters. The molecule has 1 aromatic heterocycles. The van der Waals surface area contributed by atoms with Gasteiger partial charge in [0.15, 0.2) is 0 Å². The van der Waals surface area contributed by atoms with Crippen molar-refractivity contribution in [1.29, 1.82) is 0 Å². The van der Waals surface area contributed by atoms with Gasteiger partial charge in [0, 0.05) is 25.6 Å². The van der Waals surface area contributed by atoms with E-state index in [2.05, 4.69) is 25.0 Å². The highest BCUT2D eigenvalue weighted by molar-refractivity contribution is 5.24. The second kappa shape index (κ2) is 7.00. The third-order valence-electron chi connectivity index (χ3n) is 5.29. The molecule has 0 saturated carbocycles. The average molecular weight is 365 g/mol. The van der Waals surface area contributed by atoms with Crippen LogP contribution in [-0.4, -0.2) is 39.3 Å². The molecule has 0 radical (unpaired) electrons. The van der Waals surface area contributed by atoms with Gasteiger partial charge in [-0.1, -0.05) is 12.1 Å². The molecule has 1 N–H and O–H groups in total. The Labute approximate surface area is 150 Å². The number of benzene rings is 1. The first-order valence-corrected chi connectivity index (χ1v) is 9.02. The Kier molecular flexibility index (Phi) is 4.71. The fraction of sp³-hybridized carbons (Fsp3) is 0.556. The second-order valence-electron chi connectivity index (χ2n) is 7.05. The van der Waals surface area contributed by atoms with Gasteiger partial charge in [-0.05, 0) is 43.6 Å². The maximum absolute atomic E-state index is 12.6. The lowest BCUT2D eigenvalue weighted by Gasteiger charge is -2.32. The summed E-state index contributed by atoms with van der Waals surface area (Å²) in [4.78, 5) is 2.30. The average Bonchev–Trinajstić information content (AvgIpc) is 3.06. The van der Waals surface area contributed by atoms with Crippen molar-refractivity contribution in [2.75, 3.05) is 19.6 Å². The molecule has 0 aliphatic carbocycles. The first-order chi connectivity index (χ1) is 12.5. The topological polar surface area (TPSA) is 46.0 Å². The molecule has 1 aromatic carbocycles. The number of hydrogen-bond acceptors (Lipinski definition) is 4. The molecule has 2 aromatic rings. The van der Waals surface area contributed by atoms with Crippen LogP contribution in [0.1, 0.15) is 41.5 Å². The Balaban J connectivity index is 1.35. The van der Waals surface area contributed by atoms with Crippen molar-refractivity contribution in [2.24, 2.45) is 0 Å². The van der Waals surface area contributed by atoms with E-state index in [0.717, 1.165) is 62.8 Å². The van der Waals surface area contributed by atoms with Crippen LogP contribution in [0.25, 0.3) is 0 Å². The maximum Gasteiger partial charge on any atom is 0.416 e. The highest BCUT2D eigenvalue weighted by Crippen LogP contribution is 2.30. The smallest absolute Gasteiger partial charge is 0.312 e. The molecule has 140 valence electrons. The highest BCUT2D eigenvalue weighted by atomic mass is 19.4. The van der Waals surface area contributed by atoms with Gasteiger partial charge < -0.3 is 9.88 Å². The zero-order valence-electron chi connectivity index (χ0n) is 14.5. The van der Waals surface area contributed by atoms with E-state index in [4.69, 9.17) is 0 Å². The number of aromatic nitrogens is 3. The Bertz CT molecular complexity index is 745. The SMILES string of the molecule is FC(F)(F)c1ccc(CN2CCC(c3nnc4n3CCNC4)CC2)cc1. The van der Waals surface area contributed by atoms with E-state index in [1.54, 1.807) is 12.1 Å². The minimum Gasteiger partial charge on any atom is -0.312 e. The van der Waals surface area contributed by atoms with Gasteiger partial charge in [-0.2, -0.15) is 13.2 Å². The van der Waals surface area contributed by atoms with E-state index >= 15 is 0 Å². The Morgan fingerprint density at radius 1 is 1.04 bits per heavy atom. The molecule has 3 heterocycles. The molecule has 8 heteroatoms. The summed E-state index contributed by atoms with van der Waals surface area (Å²) >= 11 is 0. The van der Waals surface area contributed by atoms with Crippen molar-refractivity contribution in [1.82, 2.24) is 25.0 Å². The number of piperidine rings is 1. The minimum atomic E-state index is -4.27. The van der Waals surface area contributed by atoms with Gasteiger partial charge in [-0.3, -0.25) is 4.90 Å². The maximum atomic E-state index is 12.6. The van der Waals surface area contributed by atoms with Crippen LogP contribution in [0.4, 0.5) is 13.2 Å². The number of alkyl halides is 3. The van der Waals surface area contributed by atoms with Crippen LogP contribution < -0.4 is 5.32 Å². The van der Waals surface area contributed by atoms with Crippen molar-refractivity contribution in [3.63, 3.8) is 0 Å². The van der Waals surface area contributed by atoms with Crippen molar-refractivity contribution in [3.8, 4) is 0 Å². The lowest BCUT2D eigenvalue weighted by molar-refractivity contribution is -0.137. The number of rotatable bonds is 3. The minimum absolute atomic E-state index is 0.415. The summed E-state index contributed by atoms with van der Waals surface area (Å²) in [7, 11) is 0. The van der Waals surface area contributed by atoms with Crippen LogP contribution >= 0.6 is 0 Å². The number of nitrogens with zero attached hydrogens (tertiary/aromatic N) is 4. The van der Waals surface area contributed by atoms with E-state index in [9.17, 15) is 13.2 Å². The van der Waals surface area contributed by atoms with Gasteiger partial charge in [0.05, 0.1) is 12.1 Å². The molecule has 0 spiro atoms. The quantitative estimate of drug-likeness (QED) is 0.909. The van der Waals surface area contributed by atoms with E-state index in [0.29, 0.717) is 12.5 Å². The largest absolute Gasteiger partial charge is 0.416 e. The van der Waals surface area contributed by atoms with Gasteiger partial charge in [-0.15, -0.1) is 10.2 Å². The molecule has 2 aliphatic heterocycles. The van der Waals surface area contributed by atoms with Crippen LogP contribution in [0.5, 0.6) is 0 Å². The van der Waals surface area contributed by atoms with Crippen molar-refractivity contribution >= 4 is 0 Å². The molecular formula is C18H22F3N5. The Morgan fingerprint density at radius 2 is 1.77 bits per heavy atom. The third-order valence-corrected chi connectivity index (χ3v) is 5.29. The van der Waals surface area contributed by atoms with Gasteiger partial charge in [-0.25, -0.2) is 0 Å². The molecule has 0 bridgehead atoms. The summed E-state index contributed by atoms with van der Waals surface area (Å²) in [6.45, 7) is 5.18. The molecule has 0 atom stereocenters. The van der Waals surface area contributed by atoms with E-state index < -0.39 is 11.7 Å². The van der Waals surface area contributed by atoms with Crippen LogP contribution in [0.2, 0.25) is 0 Å². The summed E-state index contributed by atoms with van der Waals surface area (Å²) in [5, 5.41) is 12.0. The summed E-state index contributed by atoms with van der Waals surface area (Å²) in [5.74, 6) is 2.52. The van der Waals surface area contributed by atoms with Gasteiger partial charge in [0.25, 0.3) is 0 Å². The molecule has 1 saturated heterocycles. The van der Waals surface area contributed by atoms with Crippen molar-refractivity contribution < 1.29 is 13.2 Å². The number of halogens is 3. The first kappa shape index (κ1) is 17.5. The van der Waals surface area contributed by atoms with Crippen molar-refractivity contribution in [3.05, 3.63) is 47.0 Å². The van der Waals surface area contributed by atoms with Crippen LogP contribution in [0, 0.1) is 0 Å². The molecule has 4 rings (SSSR count). The lowest BCUT2D eigenvalue weighted by Crippen LogP contribution is -2.34. The number of hydrogen-bond donors (Lipinski definition) is 1. The zero-order valence-corrected chi connectivity index (χ0v) is 14.5. The van der Waals surface area contributed by atoms with Crippen LogP contribution in [-0.2, 0) is 25.8 Å². The number of nitrogens with one attached hydrogen (secondary N) is 1. The van der Waals surface area contributed by atoms with E-state index in [1.165, 1.54) is 12.1 Å². The highest BCUT2D eigenvalue weighted by Gasteiger charge is 2.30. The second-order valence-corrected chi connectivity index (χ2v) is 7.05. The molecule has 26 heavy (non-hydrogen) atoms. The number of fused-ring (bicyclic) bond motifs is 1. The third kappa shape index (κ3) is 3.61. The zero-order chi connectivity index (χ0) is 18.1. The van der Waals surface area contributed by atoms with Crippen molar-refractivity contribution in [2.45, 2.75) is 44.6 Å². The molecular weight excluding hydrogens is 343 g/mol.